The first-order valence-electron chi connectivity index (χ1n) is 14.0. The summed E-state index contributed by atoms with van der Waals surface area (Å²) in [5.41, 5.74) is 0.844. The average molecular weight is 558 g/mol. The molecular formula is C36H33NOP2. The zero-order chi connectivity index (χ0) is 27.1. The van der Waals surface area contributed by atoms with Gasteiger partial charge in [-0.2, -0.15) is 0 Å². The average Bonchev–Trinajstić information content (AvgIpc) is 3.50. The van der Waals surface area contributed by atoms with Gasteiger partial charge < -0.3 is 4.90 Å². The number of hydrogen-bond donors (Lipinski definition) is 0. The van der Waals surface area contributed by atoms with Crippen LogP contribution in [0.15, 0.2) is 146 Å². The van der Waals surface area contributed by atoms with Crippen molar-refractivity contribution < 1.29 is 4.79 Å². The van der Waals surface area contributed by atoms with Crippen LogP contribution in [0.5, 0.6) is 0 Å². The van der Waals surface area contributed by atoms with Gasteiger partial charge in [0, 0.05) is 18.2 Å². The lowest BCUT2D eigenvalue weighted by Gasteiger charge is -2.30. The second-order valence-corrected chi connectivity index (χ2v) is 14.5. The van der Waals surface area contributed by atoms with Crippen LogP contribution in [0.25, 0.3) is 0 Å². The van der Waals surface area contributed by atoms with Crippen LogP contribution in [-0.2, 0) is 0 Å². The summed E-state index contributed by atoms with van der Waals surface area (Å²) in [5, 5.41) is 6.41. The van der Waals surface area contributed by atoms with Crippen molar-refractivity contribution in [2.45, 2.75) is 18.9 Å². The van der Waals surface area contributed by atoms with Crippen molar-refractivity contribution in [2.75, 3.05) is 12.7 Å². The molecule has 5 aromatic rings. The van der Waals surface area contributed by atoms with Crippen LogP contribution >= 0.6 is 15.8 Å². The Morgan fingerprint density at radius 2 is 1.05 bits per heavy atom. The van der Waals surface area contributed by atoms with Gasteiger partial charge in [0.25, 0.3) is 5.91 Å². The maximum Gasteiger partial charge on any atom is 0.254 e. The van der Waals surface area contributed by atoms with Crippen LogP contribution < -0.4 is 26.5 Å². The second kappa shape index (κ2) is 12.7. The van der Waals surface area contributed by atoms with E-state index in [0.717, 1.165) is 36.4 Å². The van der Waals surface area contributed by atoms with Gasteiger partial charge in [0.15, 0.2) is 0 Å². The molecule has 0 bridgehead atoms. The molecule has 0 N–H and O–H groups in total. The Bertz CT molecular complexity index is 1450. The van der Waals surface area contributed by atoms with Crippen LogP contribution in [0, 0.1) is 0 Å². The number of carbonyl (C=O) groups excluding carboxylic acids is 1. The predicted molar refractivity (Wildman–Crippen MR) is 173 cm³/mol. The Labute approximate surface area is 240 Å². The zero-order valence-electron chi connectivity index (χ0n) is 22.5. The Balaban J connectivity index is 1.35. The number of hydrogen-bond acceptors (Lipinski definition) is 1. The number of carbonyl (C=O) groups is 1. The van der Waals surface area contributed by atoms with E-state index >= 15 is 0 Å². The van der Waals surface area contributed by atoms with E-state index in [2.05, 4.69) is 138 Å². The largest absolute Gasteiger partial charge is 0.335 e. The van der Waals surface area contributed by atoms with E-state index in [1.54, 1.807) is 0 Å². The fourth-order valence-corrected chi connectivity index (χ4v) is 10.7. The minimum atomic E-state index is -0.860. The molecule has 0 radical (unpaired) electrons. The number of nitrogens with zero attached hydrogens (tertiary/aromatic N) is 1. The smallest absolute Gasteiger partial charge is 0.254 e. The van der Waals surface area contributed by atoms with Crippen LogP contribution in [0.1, 0.15) is 23.2 Å². The number of rotatable bonds is 8. The molecule has 1 aliphatic heterocycles. The van der Waals surface area contributed by atoms with Gasteiger partial charge in [-0.1, -0.05) is 140 Å². The van der Waals surface area contributed by atoms with Gasteiger partial charge in [-0.25, -0.2) is 0 Å². The highest BCUT2D eigenvalue weighted by atomic mass is 31.1. The first-order valence-corrected chi connectivity index (χ1v) is 16.8. The molecule has 5 aromatic carbocycles. The Kier molecular flexibility index (Phi) is 8.48. The van der Waals surface area contributed by atoms with Crippen molar-refractivity contribution in [3.8, 4) is 0 Å². The summed E-state index contributed by atoms with van der Waals surface area (Å²) in [4.78, 5) is 16.6. The maximum absolute atomic E-state index is 14.4. The summed E-state index contributed by atoms with van der Waals surface area (Å²) in [7, 11) is -1.42. The molecular weight excluding hydrogens is 524 g/mol. The van der Waals surface area contributed by atoms with Gasteiger partial charge in [-0.3, -0.25) is 4.79 Å². The van der Waals surface area contributed by atoms with E-state index in [1.165, 1.54) is 21.2 Å². The number of likely N-dealkylation sites (tertiary alicyclic amines) is 1. The van der Waals surface area contributed by atoms with Crippen molar-refractivity contribution in [3.63, 3.8) is 0 Å². The molecule has 2 nitrogen and oxygen atoms in total. The zero-order valence-corrected chi connectivity index (χ0v) is 24.3. The number of benzene rings is 5. The SMILES string of the molecule is O=C(c1ccccc1P(c1ccccc1)c1ccccc1)N1CCC[C@@H]1CP(c1ccccc1)c1ccccc1. The van der Waals surface area contributed by atoms with Crippen molar-refractivity contribution in [3.05, 3.63) is 151 Å². The molecule has 0 spiro atoms. The highest BCUT2D eigenvalue weighted by molar-refractivity contribution is 7.80. The lowest BCUT2D eigenvalue weighted by atomic mass is 10.2. The molecule has 0 aromatic heterocycles. The second-order valence-electron chi connectivity index (χ2n) is 10.1. The first kappa shape index (κ1) is 26.6. The maximum atomic E-state index is 14.4. The normalized spacial score (nSPS) is 15.1. The molecule has 1 fully saturated rings. The summed E-state index contributed by atoms with van der Waals surface area (Å²) in [6, 6.07) is 51.6. The molecule has 4 heteroatoms. The summed E-state index contributed by atoms with van der Waals surface area (Å²) >= 11 is 0. The third kappa shape index (κ3) is 5.80. The van der Waals surface area contributed by atoms with E-state index in [1.807, 2.05) is 12.1 Å². The summed E-state index contributed by atoms with van der Waals surface area (Å²) in [5.74, 6) is 0.175. The van der Waals surface area contributed by atoms with Gasteiger partial charge in [-0.15, -0.1) is 0 Å². The minimum Gasteiger partial charge on any atom is -0.335 e. The Morgan fingerprint density at radius 1 is 0.600 bits per heavy atom. The Morgan fingerprint density at radius 3 is 1.57 bits per heavy atom. The van der Waals surface area contributed by atoms with Crippen LogP contribution in [-0.4, -0.2) is 29.6 Å². The van der Waals surface area contributed by atoms with Crippen LogP contribution in [0.4, 0.5) is 0 Å². The number of amides is 1. The molecule has 0 aliphatic carbocycles. The van der Waals surface area contributed by atoms with E-state index in [9.17, 15) is 4.79 Å². The molecule has 198 valence electrons. The first-order chi connectivity index (χ1) is 19.8. The van der Waals surface area contributed by atoms with Crippen molar-refractivity contribution in [1.82, 2.24) is 4.90 Å². The third-order valence-corrected chi connectivity index (χ3v) is 12.7. The van der Waals surface area contributed by atoms with Gasteiger partial charge >= 0.3 is 0 Å². The molecule has 6 rings (SSSR count). The standard InChI is InChI=1S/C36H33NOP2/c38-36(34-25-13-14-26-35(34)40(32-21-9-3-10-22-32)33-23-11-4-12-24-33)37-27-15-16-29(37)28-39(30-17-5-1-6-18-30)31-19-7-2-8-20-31/h1-14,17-26,29H,15-16,27-28H2/t29-/m1/s1. The summed E-state index contributed by atoms with van der Waals surface area (Å²) in [6.07, 6.45) is 3.10. The topological polar surface area (TPSA) is 20.3 Å². The molecule has 0 unspecified atom stereocenters. The molecule has 1 saturated heterocycles. The fourth-order valence-electron chi connectivity index (χ4n) is 5.66. The van der Waals surface area contributed by atoms with E-state index in [-0.39, 0.29) is 11.9 Å². The molecule has 1 atom stereocenters. The van der Waals surface area contributed by atoms with Gasteiger partial charge in [-0.05, 0) is 67.4 Å². The van der Waals surface area contributed by atoms with E-state index in [4.69, 9.17) is 0 Å². The minimum absolute atomic E-state index is 0.175. The molecule has 1 aliphatic rings. The lowest BCUT2D eigenvalue weighted by molar-refractivity contribution is 0.0751. The van der Waals surface area contributed by atoms with Crippen LogP contribution in [0.3, 0.4) is 0 Å². The lowest BCUT2D eigenvalue weighted by Crippen LogP contribution is -2.40. The fraction of sp³-hybridized carbons (Fsp3) is 0.139. The molecule has 0 saturated carbocycles. The third-order valence-electron chi connectivity index (χ3n) is 7.57. The van der Waals surface area contributed by atoms with Gasteiger partial charge in [0.1, 0.15) is 0 Å². The summed E-state index contributed by atoms with van der Waals surface area (Å²) < 4.78 is 0. The monoisotopic (exact) mass is 557 g/mol. The van der Waals surface area contributed by atoms with Gasteiger partial charge in [0.05, 0.1) is 0 Å². The highest BCUT2D eigenvalue weighted by Gasteiger charge is 2.34. The van der Waals surface area contributed by atoms with Crippen LogP contribution in [0.2, 0.25) is 0 Å². The highest BCUT2D eigenvalue weighted by Crippen LogP contribution is 2.39. The van der Waals surface area contributed by atoms with Crippen molar-refractivity contribution >= 4 is 48.3 Å². The van der Waals surface area contributed by atoms with Crippen molar-refractivity contribution in [1.29, 1.82) is 0 Å². The quantitative estimate of drug-likeness (QED) is 0.209. The molecule has 40 heavy (non-hydrogen) atoms. The van der Waals surface area contributed by atoms with E-state index in [0.29, 0.717) is 0 Å². The summed E-state index contributed by atoms with van der Waals surface area (Å²) in [6.45, 7) is 0.819. The Hall–Kier alpha value is -3.57. The van der Waals surface area contributed by atoms with Gasteiger partial charge in [0.2, 0.25) is 0 Å². The predicted octanol–water partition coefficient (Wildman–Crippen LogP) is 6.18. The van der Waals surface area contributed by atoms with E-state index < -0.39 is 15.8 Å². The molecule has 1 heterocycles. The molecule has 1 amide bonds. The van der Waals surface area contributed by atoms with Crippen molar-refractivity contribution in [2.24, 2.45) is 0 Å².